The van der Waals surface area contributed by atoms with Crippen LogP contribution in [0.15, 0.2) is 5.38 Å². The van der Waals surface area contributed by atoms with E-state index >= 15 is 0 Å². The van der Waals surface area contributed by atoms with Crippen LogP contribution < -0.4 is 5.32 Å². The van der Waals surface area contributed by atoms with Crippen molar-refractivity contribution in [3.63, 3.8) is 0 Å². The first kappa shape index (κ1) is 14.0. The van der Waals surface area contributed by atoms with Crippen LogP contribution in [0.4, 0.5) is 0 Å². The Hall–Kier alpha value is -0.410. The number of nitrogens with one attached hydrogen (secondary N) is 1. The van der Waals surface area contributed by atoms with E-state index in [1.807, 2.05) is 0 Å². The molecule has 0 radical (unpaired) electrons. The monoisotopic (exact) mass is 266 g/mol. The zero-order valence-corrected chi connectivity index (χ0v) is 12.7. The van der Waals surface area contributed by atoms with E-state index in [0.717, 1.165) is 18.4 Å². The van der Waals surface area contributed by atoms with Crippen molar-refractivity contribution in [2.24, 2.45) is 11.8 Å². The molecule has 1 aromatic heterocycles. The Morgan fingerprint density at radius 3 is 2.67 bits per heavy atom. The van der Waals surface area contributed by atoms with Crippen molar-refractivity contribution in [2.45, 2.75) is 58.9 Å². The van der Waals surface area contributed by atoms with Crippen molar-refractivity contribution in [3.8, 4) is 0 Å². The van der Waals surface area contributed by atoms with Crippen LogP contribution in [0.2, 0.25) is 0 Å². The summed E-state index contributed by atoms with van der Waals surface area (Å²) in [5.41, 5.74) is 1.28. The molecule has 0 bridgehead atoms. The molecule has 1 aliphatic rings. The van der Waals surface area contributed by atoms with Crippen LogP contribution in [0, 0.1) is 18.8 Å². The zero-order valence-electron chi connectivity index (χ0n) is 11.9. The Morgan fingerprint density at radius 1 is 1.39 bits per heavy atom. The van der Waals surface area contributed by atoms with Crippen molar-refractivity contribution in [3.05, 3.63) is 16.1 Å². The molecule has 0 aliphatic heterocycles. The topological polar surface area (TPSA) is 24.9 Å². The third kappa shape index (κ3) is 3.55. The summed E-state index contributed by atoms with van der Waals surface area (Å²) < 4.78 is 0. The maximum absolute atomic E-state index is 4.71. The number of nitrogens with zero attached hydrogens (tertiary/aromatic N) is 1. The summed E-state index contributed by atoms with van der Waals surface area (Å²) >= 11 is 1.78. The molecule has 1 fully saturated rings. The van der Waals surface area contributed by atoms with Gasteiger partial charge in [0.1, 0.15) is 0 Å². The fourth-order valence-electron chi connectivity index (χ4n) is 2.95. The second kappa shape index (κ2) is 6.67. The van der Waals surface area contributed by atoms with E-state index in [2.05, 4.69) is 31.5 Å². The highest BCUT2D eigenvalue weighted by atomic mass is 32.1. The Bertz CT molecular complexity index is 353. The Labute approximate surface area is 115 Å². The van der Waals surface area contributed by atoms with Gasteiger partial charge in [-0.2, -0.15) is 0 Å². The van der Waals surface area contributed by atoms with Gasteiger partial charge >= 0.3 is 0 Å². The molecule has 1 saturated carbocycles. The summed E-state index contributed by atoms with van der Waals surface area (Å²) in [6, 6.07) is 0.488. The first-order chi connectivity index (χ1) is 8.70. The third-order valence-corrected chi connectivity index (χ3v) is 4.89. The van der Waals surface area contributed by atoms with Crippen molar-refractivity contribution >= 4 is 11.3 Å². The van der Waals surface area contributed by atoms with Crippen LogP contribution in [0.1, 0.15) is 62.7 Å². The number of aryl methyl sites for hydroxylation is 1. The van der Waals surface area contributed by atoms with Crippen LogP contribution in [0.3, 0.4) is 0 Å². The predicted molar refractivity (Wildman–Crippen MR) is 79.0 cm³/mol. The lowest BCUT2D eigenvalue weighted by Gasteiger charge is -2.32. The van der Waals surface area contributed by atoms with Crippen LogP contribution >= 0.6 is 11.3 Å². The summed E-state index contributed by atoms with van der Waals surface area (Å²) in [7, 11) is 0. The van der Waals surface area contributed by atoms with Gasteiger partial charge in [0.05, 0.1) is 16.7 Å². The number of hydrogen-bond acceptors (Lipinski definition) is 3. The van der Waals surface area contributed by atoms with Crippen molar-refractivity contribution in [1.29, 1.82) is 0 Å². The van der Waals surface area contributed by atoms with Crippen molar-refractivity contribution in [2.75, 3.05) is 6.54 Å². The molecule has 0 aromatic carbocycles. The molecule has 1 aromatic rings. The highest BCUT2D eigenvalue weighted by Gasteiger charge is 2.28. The van der Waals surface area contributed by atoms with E-state index in [-0.39, 0.29) is 0 Å². The smallest absolute Gasteiger partial charge is 0.0898 e. The Morgan fingerprint density at radius 2 is 2.11 bits per heavy atom. The molecule has 3 heteroatoms. The SMILES string of the molecule is CCCNC(c1csc(C)n1)C1CCC(C)CC1. The number of thiazole rings is 1. The molecule has 2 nitrogen and oxygen atoms in total. The first-order valence-electron chi connectivity index (χ1n) is 7.36. The maximum Gasteiger partial charge on any atom is 0.0898 e. The zero-order chi connectivity index (χ0) is 13.0. The van der Waals surface area contributed by atoms with Gasteiger partial charge in [-0.15, -0.1) is 11.3 Å². The van der Waals surface area contributed by atoms with Crippen LogP contribution in [0.5, 0.6) is 0 Å². The summed E-state index contributed by atoms with van der Waals surface area (Å²) in [6.07, 6.45) is 6.69. The van der Waals surface area contributed by atoms with Crippen LogP contribution in [-0.2, 0) is 0 Å². The van der Waals surface area contributed by atoms with Gasteiger partial charge in [-0.25, -0.2) is 4.98 Å². The Kier molecular flexibility index (Phi) is 5.19. The van der Waals surface area contributed by atoms with Gasteiger partial charge in [0, 0.05) is 5.38 Å². The van der Waals surface area contributed by atoms with Gasteiger partial charge in [-0.3, -0.25) is 0 Å². The lowest BCUT2D eigenvalue weighted by molar-refractivity contribution is 0.229. The molecule has 1 atom stereocenters. The lowest BCUT2D eigenvalue weighted by Crippen LogP contribution is -2.31. The van der Waals surface area contributed by atoms with E-state index in [9.17, 15) is 0 Å². The fourth-order valence-corrected chi connectivity index (χ4v) is 3.60. The molecular formula is C15H26N2S. The van der Waals surface area contributed by atoms with E-state index in [0.29, 0.717) is 6.04 Å². The minimum absolute atomic E-state index is 0.488. The van der Waals surface area contributed by atoms with E-state index < -0.39 is 0 Å². The molecular weight excluding hydrogens is 240 g/mol. The van der Waals surface area contributed by atoms with Crippen molar-refractivity contribution in [1.82, 2.24) is 10.3 Å². The van der Waals surface area contributed by atoms with Gasteiger partial charge < -0.3 is 5.32 Å². The largest absolute Gasteiger partial charge is 0.308 e. The van der Waals surface area contributed by atoms with Gasteiger partial charge in [0.25, 0.3) is 0 Å². The first-order valence-corrected chi connectivity index (χ1v) is 8.24. The molecule has 1 unspecified atom stereocenters. The summed E-state index contributed by atoms with van der Waals surface area (Å²) in [5.74, 6) is 1.71. The molecule has 1 heterocycles. The van der Waals surface area contributed by atoms with Gasteiger partial charge in [0.15, 0.2) is 0 Å². The van der Waals surface area contributed by atoms with E-state index in [1.54, 1.807) is 11.3 Å². The highest BCUT2D eigenvalue weighted by molar-refractivity contribution is 7.09. The molecule has 102 valence electrons. The number of aromatic nitrogens is 1. The second-order valence-electron chi connectivity index (χ2n) is 5.74. The summed E-state index contributed by atoms with van der Waals surface area (Å²) in [4.78, 5) is 4.71. The van der Waals surface area contributed by atoms with Crippen molar-refractivity contribution < 1.29 is 0 Å². The minimum atomic E-state index is 0.488. The molecule has 0 amide bonds. The molecule has 18 heavy (non-hydrogen) atoms. The van der Waals surface area contributed by atoms with Crippen LogP contribution in [-0.4, -0.2) is 11.5 Å². The molecule has 0 spiro atoms. The normalized spacial score (nSPS) is 26.2. The number of rotatable bonds is 5. The highest BCUT2D eigenvalue weighted by Crippen LogP contribution is 2.36. The molecule has 1 aliphatic carbocycles. The average Bonchev–Trinajstić information content (AvgIpc) is 2.78. The van der Waals surface area contributed by atoms with E-state index in [4.69, 9.17) is 4.98 Å². The standard InChI is InChI=1S/C15H26N2S/c1-4-9-16-15(14-10-18-12(3)17-14)13-7-5-11(2)6-8-13/h10-11,13,15-16H,4-9H2,1-3H3. The average molecular weight is 266 g/mol. The summed E-state index contributed by atoms with van der Waals surface area (Å²) in [5, 5.41) is 7.17. The van der Waals surface area contributed by atoms with Crippen LogP contribution in [0.25, 0.3) is 0 Å². The second-order valence-corrected chi connectivity index (χ2v) is 6.81. The fraction of sp³-hybridized carbons (Fsp3) is 0.800. The summed E-state index contributed by atoms with van der Waals surface area (Å²) in [6.45, 7) is 7.83. The third-order valence-electron chi connectivity index (χ3n) is 4.10. The minimum Gasteiger partial charge on any atom is -0.308 e. The van der Waals surface area contributed by atoms with Gasteiger partial charge in [-0.05, 0) is 44.6 Å². The number of hydrogen-bond donors (Lipinski definition) is 1. The quantitative estimate of drug-likeness (QED) is 0.858. The Balaban J connectivity index is 2.04. The van der Waals surface area contributed by atoms with Gasteiger partial charge in [-0.1, -0.05) is 26.7 Å². The molecule has 0 saturated heterocycles. The van der Waals surface area contributed by atoms with Gasteiger partial charge in [0.2, 0.25) is 0 Å². The molecule has 1 N–H and O–H groups in total. The maximum atomic E-state index is 4.71. The predicted octanol–water partition coefficient (Wildman–Crippen LogP) is 4.32. The molecule has 2 rings (SSSR count). The lowest BCUT2D eigenvalue weighted by atomic mass is 9.78. The van der Waals surface area contributed by atoms with E-state index in [1.165, 1.54) is 42.8 Å².